The van der Waals surface area contributed by atoms with Crippen LogP contribution in [0.2, 0.25) is 0 Å². The van der Waals surface area contributed by atoms with Crippen molar-refractivity contribution in [3.8, 4) is 11.3 Å². The van der Waals surface area contributed by atoms with Crippen LogP contribution in [-0.4, -0.2) is 16.2 Å². The van der Waals surface area contributed by atoms with Crippen molar-refractivity contribution in [1.82, 2.24) is 9.97 Å². The quantitative estimate of drug-likeness (QED) is 0.705. The Hall–Kier alpha value is -2.33. The van der Waals surface area contributed by atoms with Crippen molar-refractivity contribution in [2.24, 2.45) is 0 Å². The summed E-state index contributed by atoms with van der Waals surface area (Å²) in [6.07, 6.45) is 5.62. The lowest BCUT2D eigenvalue weighted by molar-refractivity contribution is 1.09. The SMILES string of the molecule is CSc1ccc(-c2cncc(NCc3ccccc3)n2)cc1. The molecule has 0 saturated carbocycles. The Balaban J connectivity index is 1.74. The van der Waals surface area contributed by atoms with Crippen LogP contribution in [0.15, 0.2) is 71.9 Å². The number of nitrogens with zero attached hydrogens (tertiary/aromatic N) is 2. The van der Waals surface area contributed by atoms with Gasteiger partial charge in [0.1, 0.15) is 5.82 Å². The van der Waals surface area contributed by atoms with E-state index in [1.807, 2.05) is 18.2 Å². The van der Waals surface area contributed by atoms with E-state index in [-0.39, 0.29) is 0 Å². The lowest BCUT2D eigenvalue weighted by Gasteiger charge is -2.07. The highest BCUT2D eigenvalue weighted by Gasteiger charge is 2.02. The zero-order chi connectivity index (χ0) is 15.2. The summed E-state index contributed by atoms with van der Waals surface area (Å²) in [4.78, 5) is 10.2. The molecule has 0 unspecified atom stereocenters. The molecular formula is C18H17N3S. The van der Waals surface area contributed by atoms with Crippen molar-refractivity contribution >= 4 is 17.6 Å². The van der Waals surface area contributed by atoms with E-state index >= 15 is 0 Å². The van der Waals surface area contributed by atoms with Crippen LogP contribution in [0.5, 0.6) is 0 Å². The molecule has 0 spiro atoms. The van der Waals surface area contributed by atoms with Crippen LogP contribution in [-0.2, 0) is 6.54 Å². The largest absolute Gasteiger partial charge is 0.365 e. The van der Waals surface area contributed by atoms with Gasteiger partial charge in [0.15, 0.2) is 0 Å². The predicted octanol–water partition coefficient (Wildman–Crippen LogP) is 4.48. The molecule has 4 heteroatoms. The summed E-state index contributed by atoms with van der Waals surface area (Å²) in [6.45, 7) is 0.740. The monoisotopic (exact) mass is 307 g/mol. The molecule has 0 fully saturated rings. The Morgan fingerprint density at radius 1 is 0.955 bits per heavy atom. The third-order valence-corrected chi connectivity index (χ3v) is 4.08. The number of rotatable bonds is 5. The second kappa shape index (κ2) is 7.09. The zero-order valence-corrected chi connectivity index (χ0v) is 13.2. The number of thioether (sulfide) groups is 1. The number of nitrogens with one attached hydrogen (secondary N) is 1. The van der Waals surface area contributed by atoms with Crippen LogP contribution >= 0.6 is 11.8 Å². The highest BCUT2D eigenvalue weighted by atomic mass is 32.2. The van der Waals surface area contributed by atoms with Crippen molar-refractivity contribution in [2.45, 2.75) is 11.4 Å². The van der Waals surface area contributed by atoms with Gasteiger partial charge in [-0.3, -0.25) is 4.98 Å². The predicted molar refractivity (Wildman–Crippen MR) is 93.0 cm³/mol. The maximum Gasteiger partial charge on any atom is 0.145 e. The second-order valence-electron chi connectivity index (χ2n) is 4.86. The van der Waals surface area contributed by atoms with Crippen LogP contribution in [0, 0.1) is 0 Å². The smallest absolute Gasteiger partial charge is 0.145 e. The fourth-order valence-corrected chi connectivity index (χ4v) is 2.55. The molecule has 3 nitrogen and oxygen atoms in total. The van der Waals surface area contributed by atoms with Gasteiger partial charge in [0, 0.05) is 17.0 Å². The summed E-state index contributed by atoms with van der Waals surface area (Å²) >= 11 is 1.73. The normalized spacial score (nSPS) is 10.4. The molecule has 0 atom stereocenters. The van der Waals surface area contributed by atoms with E-state index in [0.29, 0.717) is 0 Å². The molecule has 22 heavy (non-hydrogen) atoms. The molecule has 110 valence electrons. The fourth-order valence-electron chi connectivity index (χ4n) is 2.14. The van der Waals surface area contributed by atoms with E-state index < -0.39 is 0 Å². The van der Waals surface area contributed by atoms with Gasteiger partial charge >= 0.3 is 0 Å². The molecule has 2 aromatic carbocycles. The van der Waals surface area contributed by atoms with Gasteiger partial charge in [-0.05, 0) is 24.0 Å². The number of benzene rings is 2. The van der Waals surface area contributed by atoms with Gasteiger partial charge in [0.2, 0.25) is 0 Å². The maximum absolute atomic E-state index is 4.63. The van der Waals surface area contributed by atoms with Gasteiger partial charge in [-0.25, -0.2) is 4.98 Å². The van der Waals surface area contributed by atoms with Crippen LogP contribution in [0.3, 0.4) is 0 Å². The first kappa shape index (κ1) is 14.6. The lowest BCUT2D eigenvalue weighted by Crippen LogP contribution is -2.02. The number of aromatic nitrogens is 2. The molecule has 0 saturated heterocycles. The molecule has 3 aromatic rings. The Kier molecular flexibility index (Phi) is 4.71. The molecule has 0 amide bonds. The third-order valence-electron chi connectivity index (χ3n) is 3.34. The average Bonchev–Trinajstić information content (AvgIpc) is 2.61. The molecule has 0 bridgehead atoms. The number of hydrogen-bond acceptors (Lipinski definition) is 4. The minimum Gasteiger partial charge on any atom is -0.365 e. The molecule has 0 aliphatic heterocycles. The Morgan fingerprint density at radius 3 is 2.45 bits per heavy atom. The van der Waals surface area contributed by atoms with E-state index in [4.69, 9.17) is 0 Å². The third kappa shape index (κ3) is 3.65. The van der Waals surface area contributed by atoms with Gasteiger partial charge in [-0.2, -0.15) is 0 Å². The second-order valence-corrected chi connectivity index (χ2v) is 5.74. The van der Waals surface area contributed by atoms with Crippen molar-refractivity contribution < 1.29 is 0 Å². The summed E-state index contributed by atoms with van der Waals surface area (Å²) in [5.41, 5.74) is 3.18. The summed E-state index contributed by atoms with van der Waals surface area (Å²) in [7, 11) is 0. The summed E-state index contributed by atoms with van der Waals surface area (Å²) in [5, 5.41) is 3.32. The molecule has 1 heterocycles. The first-order valence-corrected chi connectivity index (χ1v) is 8.32. The zero-order valence-electron chi connectivity index (χ0n) is 12.4. The molecule has 0 radical (unpaired) electrons. The van der Waals surface area contributed by atoms with E-state index in [2.05, 4.69) is 57.9 Å². The van der Waals surface area contributed by atoms with E-state index in [1.165, 1.54) is 10.5 Å². The summed E-state index contributed by atoms with van der Waals surface area (Å²) < 4.78 is 0. The van der Waals surface area contributed by atoms with Crippen LogP contribution in [0.4, 0.5) is 5.82 Å². The minimum atomic E-state index is 0.740. The molecule has 1 N–H and O–H groups in total. The van der Waals surface area contributed by atoms with Crippen molar-refractivity contribution in [3.63, 3.8) is 0 Å². The van der Waals surface area contributed by atoms with E-state index in [9.17, 15) is 0 Å². The molecular weight excluding hydrogens is 290 g/mol. The lowest BCUT2D eigenvalue weighted by atomic mass is 10.2. The number of anilines is 1. The summed E-state index contributed by atoms with van der Waals surface area (Å²) in [5.74, 6) is 0.787. The highest BCUT2D eigenvalue weighted by Crippen LogP contribution is 2.22. The maximum atomic E-state index is 4.63. The van der Waals surface area contributed by atoms with Gasteiger partial charge in [0.25, 0.3) is 0 Å². The van der Waals surface area contributed by atoms with Crippen LogP contribution < -0.4 is 5.32 Å². The molecule has 0 aliphatic rings. The van der Waals surface area contributed by atoms with Gasteiger partial charge in [-0.15, -0.1) is 11.8 Å². The van der Waals surface area contributed by atoms with Crippen LogP contribution in [0.25, 0.3) is 11.3 Å². The Morgan fingerprint density at radius 2 is 1.73 bits per heavy atom. The van der Waals surface area contributed by atoms with Crippen molar-refractivity contribution in [1.29, 1.82) is 0 Å². The standard InChI is InChI=1S/C18H17N3S/c1-22-16-9-7-15(8-10-16)17-12-19-13-18(21-17)20-11-14-5-3-2-4-6-14/h2-10,12-13H,11H2,1H3,(H,20,21). The molecule has 0 aliphatic carbocycles. The number of hydrogen-bond donors (Lipinski definition) is 1. The van der Waals surface area contributed by atoms with E-state index in [0.717, 1.165) is 23.6 Å². The Bertz CT molecular complexity index is 727. The fraction of sp³-hybridized carbons (Fsp3) is 0.111. The summed E-state index contributed by atoms with van der Waals surface area (Å²) in [6, 6.07) is 18.6. The van der Waals surface area contributed by atoms with Gasteiger partial charge < -0.3 is 5.32 Å². The van der Waals surface area contributed by atoms with Crippen molar-refractivity contribution in [2.75, 3.05) is 11.6 Å². The van der Waals surface area contributed by atoms with Gasteiger partial charge in [0.05, 0.1) is 18.1 Å². The Labute approximate surface area is 134 Å². The van der Waals surface area contributed by atoms with Crippen molar-refractivity contribution in [3.05, 3.63) is 72.6 Å². The highest BCUT2D eigenvalue weighted by molar-refractivity contribution is 7.98. The van der Waals surface area contributed by atoms with Crippen LogP contribution in [0.1, 0.15) is 5.56 Å². The average molecular weight is 307 g/mol. The topological polar surface area (TPSA) is 37.8 Å². The molecule has 3 rings (SSSR count). The first-order valence-electron chi connectivity index (χ1n) is 7.09. The molecule has 1 aromatic heterocycles. The minimum absolute atomic E-state index is 0.740. The van der Waals surface area contributed by atoms with Gasteiger partial charge in [-0.1, -0.05) is 42.5 Å². The van der Waals surface area contributed by atoms with E-state index in [1.54, 1.807) is 24.2 Å². The first-order chi connectivity index (χ1) is 10.8.